The van der Waals surface area contributed by atoms with Crippen LogP contribution in [0.5, 0.6) is 0 Å². The van der Waals surface area contributed by atoms with Crippen LogP contribution >= 0.6 is 0 Å². The number of aromatic nitrogens is 1. The van der Waals surface area contributed by atoms with Gasteiger partial charge in [-0.3, -0.25) is 4.98 Å². The molecule has 1 aromatic heterocycles. The lowest BCUT2D eigenvalue weighted by Gasteiger charge is -2.34. The molecule has 3 aliphatic rings. The normalized spacial score (nSPS) is 17.0. The predicted molar refractivity (Wildman–Crippen MR) is 346 cm³/mol. The Morgan fingerprint density at radius 2 is 0.915 bits per heavy atom. The molecular formula is C72H98BNO6Si2. The summed E-state index contributed by atoms with van der Waals surface area (Å²) in [4.78, 5) is 20.9. The maximum Gasteiger partial charge on any atom is 0.495 e. The van der Waals surface area contributed by atoms with Gasteiger partial charge in [-0.05, 0) is 246 Å². The largest absolute Gasteiger partial charge is 0.495 e. The molecule has 5 aromatic rings. The van der Waals surface area contributed by atoms with Crippen molar-refractivity contribution in [3.63, 3.8) is 0 Å². The van der Waals surface area contributed by atoms with Crippen LogP contribution in [-0.4, -0.2) is 57.3 Å². The van der Waals surface area contributed by atoms with Gasteiger partial charge in [0.05, 0.1) is 11.2 Å². The van der Waals surface area contributed by atoms with Gasteiger partial charge in [0.15, 0.2) is 16.6 Å². The first kappa shape index (κ1) is 66.0. The highest BCUT2D eigenvalue weighted by Gasteiger charge is 2.52. The molecule has 0 amide bonds. The Hall–Kier alpha value is -5.13. The van der Waals surface area contributed by atoms with Crippen molar-refractivity contribution in [1.82, 2.24) is 4.98 Å². The topological polar surface area (TPSA) is 83.9 Å². The van der Waals surface area contributed by atoms with Gasteiger partial charge in [0.1, 0.15) is 11.2 Å². The Labute approximate surface area is 498 Å². The van der Waals surface area contributed by atoms with Gasteiger partial charge >= 0.3 is 13.3 Å². The Balaban J connectivity index is 0.000000252. The van der Waals surface area contributed by atoms with Crippen LogP contribution in [-0.2, 0) is 45.0 Å². The van der Waals surface area contributed by atoms with E-state index in [1.807, 2.05) is 6.20 Å². The molecule has 4 aromatic carbocycles. The highest BCUT2D eigenvalue weighted by molar-refractivity contribution is 6.70. The lowest BCUT2D eigenvalue weighted by atomic mass is 9.68. The van der Waals surface area contributed by atoms with E-state index in [9.17, 15) is 0 Å². The molecule has 0 atom stereocenters. The zero-order chi connectivity index (χ0) is 60.5. The van der Waals surface area contributed by atoms with Crippen molar-refractivity contribution in [1.29, 1.82) is 0 Å². The van der Waals surface area contributed by atoms with Crippen LogP contribution in [0, 0.1) is 51.4 Å². The number of pyridine rings is 1. The Morgan fingerprint density at radius 3 is 1.24 bits per heavy atom. The van der Waals surface area contributed by atoms with E-state index in [4.69, 9.17) is 27.7 Å². The van der Waals surface area contributed by atoms with Crippen molar-refractivity contribution < 1.29 is 27.7 Å². The van der Waals surface area contributed by atoms with E-state index in [-0.39, 0.29) is 46.5 Å². The lowest BCUT2D eigenvalue weighted by Crippen LogP contribution is -2.41. The van der Waals surface area contributed by atoms with Crippen molar-refractivity contribution in [2.24, 2.45) is 0 Å². The molecule has 82 heavy (non-hydrogen) atoms. The molecule has 3 fully saturated rings. The predicted octanol–water partition coefficient (Wildman–Crippen LogP) is 17.2. The van der Waals surface area contributed by atoms with Crippen molar-refractivity contribution in [2.45, 2.75) is 246 Å². The van der Waals surface area contributed by atoms with Crippen LogP contribution in [0.4, 0.5) is 0 Å². The molecule has 0 spiro atoms. The molecule has 8 rings (SSSR count). The summed E-state index contributed by atoms with van der Waals surface area (Å²) in [7, 11) is -3.69. The molecule has 0 radical (unpaired) electrons. The quantitative estimate of drug-likeness (QED) is 0.0763. The van der Waals surface area contributed by atoms with Gasteiger partial charge in [-0.1, -0.05) is 131 Å². The Kier molecular flexibility index (Phi) is 21.6. The fourth-order valence-electron chi connectivity index (χ4n) is 12.9. The number of hydrogen-bond acceptors (Lipinski definition) is 7. The van der Waals surface area contributed by atoms with E-state index >= 15 is 0 Å². The van der Waals surface area contributed by atoms with Crippen molar-refractivity contribution in [3.05, 3.63) is 152 Å². The maximum atomic E-state index is 8.12. The van der Waals surface area contributed by atoms with Crippen molar-refractivity contribution in [3.8, 4) is 34.8 Å². The zero-order valence-corrected chi connectivity index (χ0v) is 55.8. The number of nitrogens with zero attached hydrogens (tertiary/aromatic N) is 1. The molecule has 1 aliphatic heterocycles. The second-order valence-corrected chi connectivity index (χ2v) is 35.5. The van der Waals surface area contributed by atoms with E-state index < -0.39 is 16.6 Å². The number of benzene rings is 4. The molecule has 7 nitrogen and oxygen atoms in total. The van der Waals surface area contributed by atoms with Gasteiger partial charge in [-0.2, -0.15) is 9.59 Å². The minimum absolute atomic E-state index is 0.0298. The number of hydrogen-bond donors (Lipinski definition) is 0. The standard InChI is InChI=1S/C36H47NOSi.C35H51BO3Si.CO2/c1-9-33-18-15-30(26-37-33)34-19-17-32(25-28(34)5)36(10-2,11-3)31-16-14-29(27(4)24-31)20-23-35(21-12-13-22-35)38-39(6,7)8;1-12-35(13-2,30-18-19-31(27(4)25-30)36-37-32(5,6)33(7,8)38-36)29-17-16-28(26(3)24-29)20-23-34(21-14-15-22-34)39-40(9,10)11;2-1-3/h14-19,24-26H,9-13,21-22H2,1-8H3;16-19,24-25H,12-15,21-22H2,1-11H3;. The van der Waals surface area contributed by atoms with Gasteiger partial charge < -0.3 is 18.2 Å². The highest BCUT2D eigenvalue weighted by atomic mass is 28.4. The first-order valence-electron chi connectivity index (χ1n) is 30.7. The monoisotopic (exact) mass is 1140 g/mol. The lowest BCUT2D eigenvalue weighted by molar-refractivity contribution is -0.191. The van der Waals surface area contributed by atoms with Crippen molar-refractivity contribution >= 4 is 35.4 Å². The summed E-state index contributed by atoms with van der Waals surface area (Å²) in [5.41, 5.74) is 16.1. The summed E-state index contributed by atoms with van der Waals surface area (Å²) in [6.45, 7) is 42.3. The Bertz CT molecular complexity index is 3140. The molecular weight excluding hydrogens is 1040 g/mol. The molecule has 438 valence electrons. The van der Waals surface area contributed by atoms with Crippen LogP contribution in [0.25, 0.3) is 11.1 Å². The molecule has 2 aliphatic carbocycles. The van der Waals surface area contributed by atoms with Gasteiger partial charge in [-0.15, -0.1) is 0 Å². The smallest absolute Gasteiger partial charge is 0.402 e. The van der Waals surface area contributed by atoms with Gasteiger partial charge in [-0.25, -0.2) is 0 Å². The van der Waals surface area contributed by atoms with Crippen LogP contribution in [0.2, 0.25) is 39.3 Å². The van der Waals surface area contributed by atoms with Gasteiger partial charge in [0.25, 0.3) is 0 Å². The summed E-state index contributed by atoms with van der Waals surface area (Å²) in [6.07, 6.45) is 16.4. The fraction of sp³-hybridized carbons (Fsp3) is 0.528. The summed E-state index contributed by atoms with van der Waals surface area (Å²) < 4.78 is 26.0. The molecule has 10 heteroatoms. The van der Waals surface area contributed by atoms with Gasteiger partial charge in [0, 0.05) is 39.4 Å². The third-order valence-corrected chi connectivity index (χ3v) is 20.3. The summed E-state index contributed by atoms with van der Waals surface area (Å²) in [5.74, 6) is 14.3. The molecule has 0 N–H and O–H groups in total. The van der Waals surface area contributed by atoms with E-state index in [1.54, 1.807) is 0 Å². The Morgan fingerprint density at radius 1 is 0.537 bits per heavy atom. The molecule has 2 saturated carbocycles. The van der Waals surface area contributed by atoms with Crippen molar-refractivity contribution in [2.75, 3.05) is 0 Å². The minimum Gasteiger partial charge on any atom is -0.402 e. The second-order valence-electron chi connectivity index (χ2n) is 26.6. The number of carbonyl (C=O) groups excluding carboxylic acids is 2. The second kappa shape index (κ2) is 26.8. The van der Waals surface area contributed by atoms with E-state index in [2.05, 4.69) is 243 Å². The minimum atomic E-state index is -1.68. The fourth-order valence-corrected chi connectivity index (χ4v) is 15.7. The number of aryl methyl sites for hydroxylation is 5. The first-order valence-corrected chi connectivity index (χ1v) is 37.6. The summed E-state index contributed by atoms with van der Waals surface area (Å²) >= 11 is 0. The highest BCUT2D eigenvalue weighted by Crippen LogP contribution is 2.44. The summed E-state index contributed by atoms with van der Waals surface area (Å²) in [6, 6.07) is 32.1. The third kappa shape index (κ3) is 15.2. The van der Waals surface area contributed by atoms with E-state index in [0.717, 1.165) is 80.1 Å². The average molecular weight is 1140 g/mol. The third-order valence-electron chi connectivity index (χ3n) is 18.3. The van der Waals surface area contributed by atoms with E-state index in [1.165, 1.54) is 81.3 Å². The molecule has 0 unspecified atom stereocenters. The first-order chi connectivity index (χ1) is 38.5. The van der Waals surface area contributed by atoms with Crippen LogP contribution in [0.15, 0.2) is 91.1 Å². The van der Waals surface area contributed by atoms with Crippen LogP contribution in [0.1, 0.15) is 201 Å². The average Bonchev–Trinajstić information content (AvgIpc) is 4.29. The van der Waals surface area contributed by atoms with E-state index in [0.29, 0.717) is 0 Å². The molecule has 0 bridgehead atoms. The zero-order valence-electron chi connectivity index (χ0n) is 53.8. The summed E-state index contributed by atoms with van der Waals surface area (Å²) in [5, 5.41) is 0. The maximum absolute atomic E-state index is 8.12. The molecule has 2 heterocycles. The van der Waals surface area contributed by atoms with Gasteiger partial charge in [0.2, 0.25) is 0 Å². The number of rotatable bonds is 15. The van der Waals surface area contributed by atoms with Crippen LogP contribution in [0.3, 0.4) is 0 Å². The van der Waals surface area contributed by atoms with Crippen LogP contribution < -0.4 is 5.46 Å². The SMILES string of the molecule is CCC(CC)(c1ccc(C#CC2(O[Si](C)(C)C)CCCC2)c(C)c1)c1ccc(B2OC(C)(C)C(C)(C)O2)c(C)c1.CCc1ccc(-c2ccc(C(CC)(CC)c3ccc(C#CC4(O[Si](C)(C)C)CCCC4)c(C)c3)cc2C)cn1.O=C=O. The molecule has 1 saturated heterocycles.